The van der Waals surface area contributed by atoms with Gasteiger partial charge in [-0.3, -0.25) is 10.1 Å². The number of imide groups is 1. The second-order valence-electron chi connectivity index (χ2n) is 4.63. The molecule has 3 amide bonds. The number of hydrogen-bond acceptors (Lipinski definition) is 2. The molecule has 0 aliphatic carbocycles. The molecule has 1 aromatic carbocycles. The van der Waals surface area contributed by atoms with Gasteiger partial charge >= 0.3 is 6.03 Å². The summed E-state index contributed by atoms with van der Waals surface area (Å²) >= 11 is 0. The van der Waals surface area contributed by atoms with E-state index >= 15 is 0 Å². The number of nitrogens with one attached hydrogen (secondary N) is 1. The third-order valence-electron chi connectivity index (χ3n) is 3.10. The van der Waals surface area contributed by atoms with Gasteiger partial charge in [-0.2, -0.15) is 0 Å². The van der Waals surface area contributed by atoms with Crippen molar-refractivity contribution in [3.05, 3.63) is 35.4 Å². The van der Waals surface area contributed by atoms with Crippen molar-refractivity contribution >= 4 is 11.9 Å². The molecule has 1 fully saturated rings. The topological polar surface area (TPSA) is 49.4 Å². The van der Waals surface area contributed by atoms with Crippen molar-refractivity contribution in [1.82, 2.24) is 10.2 Å². The predicted molar refractivity (Wildman–Crippen MR) is 64.6 cm³/mol. The first-order chi connectivity index (χ1) is 8.00. The number of rotatable bonds is 2. The molecule has 4 heteroatoms. The molecule has 0 radical (unpaired) electrons. The maximum Gasteiger partial charge on any atom is 0.324 e. The summed E-state index contributed by atoms with van der Waals surface area (Å²) in [6, 6.07) is 6.99. The summed E-state index contributed by atoms with van der Waals surface area (Å²) in [7, 11) is 1.63. The van der Waals surface area contributed by atoms with Crippen LogP contribution in [0.5, 0.6) is 0 Å². The van der Waals surface area contributed by atoms with Crippen LogP contribution in [0.3, 0.4) is 0 Å². The zero-order valence-corrected chi connectivity index (χ0v) is 10.2. The Morgan fingerprint density at radius 1 is 1.18 bits per heavy atom. The van der Waals surface area contributed by atoms with Crippen molar-refractivity contribution in [2.45, 2.75) is 25.8 Å². The first-order valence-corrected chi connectivity index (χ1v) is 5.68. The number of amides is 3. The first kappa shape index (κ1) is 11.6. The van der Waals surface area contributed by atoms with Crippen LogP contribution in [0.25, 0.3) is 0 Å². The highest BCUT2D eigenvalue weighted by Gasteiger charge is 2.36. The van der Waals surface area contributed by atoms with Crippen molar-refractivity contribution in [1.29, 1.82) is 0 Å². The van der Waals surface area contributed by atoms with E-state index in [4.69, 9.17) is 0 Å². The molecule has 1 unspecified atom stereocenters. The molecule has 0 spiro atoms. The molecule has 2 rings (SSSR count). The van der Waals surface area contributed by atoms with Crippen molar-refractivity contribution in [3.8, 4) is 0 Å². The number of hydrogen-bond donors (Lipinski definition) is 1. The number of benzene rings is 1. The fraction of sp³-hybridized carbons (Fsp3) is 0.385. The minimum absolute atomic E-state index is 0.255. The van der Waals surface area contributed by atoms with Gasteiger partial charge in [0, 0.05) is 7.05 Å². The van der Waals surface area contributed by atoms with Crippen molar-refractivity contribution in [2.24, 2.45) is 0 Å². The summed E-state index contributed by atoms with van der Waals surface area (Å²) in [5.41, 5.74) is 2.07. The van der Waals surface area contributed by atoms with Gasteiger partial charge in [-0.15, -0.1) is 0 Å². The van der Waals surface area contributed by atoms with Crippen LogP contribution in [-0.2, 0) is 4.79 Å². The fourth-order valence-corrected chi connectivity index (χ4v) is 1.99. The summed E-state index contributed by atoms with van der Waals surface area (Å²) in [5.74, 6) is 0.204. The van der Waals surface area contributed by atoms with E-state index < -0.39 is 6.04 Å². The maximum absolute atomic E-state index is 11.6. The molecule has 1 heterocycles. The lowest BCUT2D eigenvalue weighted by Crippen LogP contribution is -2.25. The molecule has 1 N–H and O–H groups in total. The fourth-order valence-electron chi connectivity index (χ4n) is 1.99. The number of nitrogens with zero attached hydrogens (tertiary/aromatic N) is 1. The lowest BCUT2D eigenvalue weighted by molar-refractivity contribution is -0.121. The highest BCUT2D eigenvalue weighted by molar-refractivity contribution is 6.04. The Kier molecular flexibility index (Phi) is 2.88. The Morgan fingerprint density at radius 2 is 1.76 bits per heavy atom. The van der Waals surface area contributed by atoms with Crippen LogP contribution in [0.4, 0.5) is 4.79 Å². The van der Waals surface area contributed by atoms with Gasteiger partial charge in [-0.25, -0.2) is 4.79 Å². The zero-order valence-electron chi connectivity index (χ0n) is 10.2. The minimum atomic E-state index is -0.497. The van der Waals surface area contributed by atoms with Gasteiger partial charge in [0.05, 0.1) is 0 Å². The third-order valence-corrected chi connectivity index (χ3v) is 3.10. The second kappa shape index (κ2) is 4.20. The van der Waals surface area contributed by atoms with Gasteiger partial charge in [0.2, 0.25) is 0 Å². The smallest absolute Gasteiger partial charge is 0.311 e. The summed E-state index contributed by atoms with van der Waals surface area (Å²) in [6.07, 6.45) is 0. The summed E-state index contributed by atoms with van der Waals surface area (Å²) in [4.78, 5) is 24.4. The van der Waals surface area contributed by atoms with Gasteiger partial charge < -0.3 is 4.90 Å². The van der Waals surface area contributed by atoms with Crippen LogP contribution in [-0.4, -0.2) is 23.9 Å². The highest BCUT2D eigenvalue weighted by Crippen LogP contribution is 2.25. The minimum Gasteiger partial charge on any atom is -0.311 e. The standard InChI is InChI=1S/C13H16N2O2/c1-8(2)9-4-6-10(7-5-9)11-12(16)14-13(17)15(11)3/h4-8,11H,1-3H3,(H,14,16,17). The molecule has 1 aliphatic heterocycles. The van der Waals surface area contributed by atoms with Crippen molar-refractivity contribution in [3.63, 3.8) is 0 Å². The first-order valence-electron chi connectivity index (χ1n) is 5.68. The quantitative estimate of drug-likeness (QED) is 0.793. The van der Waals surface area contributed by atoms with E-state index in [1.807, 2.05) is 24.3 Å². The molecule has 0 saturated carbocycles. The van der Waals surface area contributed by atoms with Gasteiger partial charge in [0.1, 0.15) is 6.04 Å². The van der Waals surface area contributed by atoms with Crippen LogP contribution in [0.1, 0.15) is 36.9 Å². The molecule has 1 saturated heterocycles. The van der Waals surface area contributed by atoms with Crippen LogP contribution in [0.15, 0.2) is 24.3 Å². The predicted octanol–water partition coefficient (Wildman–Crippen LogP) is 2.03. The largest absolute Gasteiger partial charge is 0.324 e. The molecule has 17 heavy (non-hydrogen) atoms. The molecule has 0 aromatic heterocycles. The molecule has 1 atom stereocenters. The van der Waals surface area contributed by atoms with E-state index in [1.165, 1.54) is 10.5 Å². The molecule has 1 aliphatic rings. The molecular formula is C13H16N2O2. The SMILES string of the molecule is CC(C)c1ccc(C2C(=O)NC(=O)N2C)cc1. The normalized spacial score (nSPS) is 20.0. The van der Waals surface area contributed by atoms with Gasteiger partial charge in [0.15, 0.2) is 0 Å². The molecule has 4 nitrogen and oxygen atoms in total. The van der Waals surface area contributed by atoms with Gasteiger partial charge in [-0.1, -0.05) is 38.1 Å². The number of urea groups is 1. The number of carbonyl (C=O) groups excluding carboxylic acids is 2. The highest BCUT2D eigenvalue weighted by atomic mass is 16.2. The average molecular weight is 232 g/mol. The number of carbonyl (C=O) groups is 2. The van der Waals surface area contributed by atoms with Crippen molar-refractivity contribution < 1.29 is 9.59 Å². The molecule has 0 bridgehead atoms. The Bertz CT molecular complexity index is 451. The van der Waals surface area contributed by atoms with Crippen molar-refractivity contribution in [2.75, 3.05) is 7.05 Å². The number of likely N-dealkylation sites (N-methyl/N-ethyl adjacent to an activating group) is 1. The van der Waals surface area contributed by atoms with Crippen LogP contribution >= 0.6 is 0 Å². The van der Waals surface area contributed by atoms with E-state index in [9.17, 15) is 9.59 Å². The van der Waals surface area contributed by atoms with E-state index in [-0.39, 0.29) is 11.9 Å². The summed E-state index contributed by atoms with van der Waals surface area (Å²) < 4.78 is 0. The Hall–Kier alpha value is -1.84. The lowest BCUT2D eigenvalue weighted by Gasteiger charge is -2.17. The van der Waals surface area contributed by atoms with E-state index in [0.29, 0.717) is 5.92 Å². The summed E-state index contributed by atoms with van der Waals surface area (Å²) in [6.45, 7) is 4.24. The Morgan fingerprint density at radius 3 is 2.18 bits per heavy atom. The average Bonchev–Trinajstić information content (AvgIpc) is 2.53. The lowest BCUT2D eigenvalue weighted by atomic mass is 9.99. The van der Waals surface area contributed by atoms with E-state index in [1.54, 1.807) is 7.05 Å². The van der Waals surface area contributed by atoms with Gasteiger partial charge in [0.25, 0.3) is 5.91 Å². The van der Waals surface area contributed by atoms with Crippen LogP contribution < -0.4 is 5.32 Å². The second-order valence-corrected chi connectivity index (χ2v) is 4.63. The maximum atomic E-state index is 11.6. The summed E-state index contributed by atoms with van der Waals surface area (Å²) in [5, 5.41) is 2.30. The van der Waals surface area contributed by atoms with E-state index in [2.05, 4.69) is 19.2 Å². The van der Waals surface area contributed by atoms with Gasteiger partial charge in [-0.05, 0) is 17.0 Å². The Labute approximate surface area is 101 Å². The molecular weight excluding hydrogens is 216 g/mol. The molecule has 90 valence electrons. The third kappa shape index (κ3) is 2.02. The Balaban J connectivity index is 2.28. The molecule has 1 aromatic rings. The zero-order chi connectivity index (χ0) is 12.6. The van der Waals surface area contributed by atoms with Crippen LogP contribution in [0, 0.1) is 0 Å². The van der Waals surface area contributed by atoms with Crippen LogP contribution in [0.2, 0.25) is 0 Å². The monoisotopic (exact) mass is 232 g/mol. The van der Waals surface area contributed by atoms with E-state index in [0.717, 1.165) is 5.56 Å².